The van der Waals surface area contributed by atoms with Gasteiger partial charge in [-0.2, -0.15) is 0 Å². The number of benzene rings is 2. The lowest BCUT2D eigenvalue weighted by molar-refractivity contribution is 0.106. The number of nitrogens with two attached hydrogens (primary N) is 1. The maximum absolute atomic E-state index is 5.79. The minimum absolute atomic E-state index is 0. The van der Waals surface area contributed by atoms with Gasteiger partial charge in [0.2, 0.25) is 0 Å². The van der Waals surface area contributed by atoms with Crippen LogP contribution >= 0.6 is 24.0 Å². The molecule has 0 aromatic heterocycles. The van der Waals surface area contributed by atoms with Crippen LogP contribution in [0.15, 0.2) is 59.6 Å². The lowest BCUT2D eigenvalue weighted by atomic mass is 10.1. The molecule has 0 bridgehead atoms. The van der Waals surface area contributed by atoms with Gasteiger partial charge in [0.15, 0.2) is 5.96 Å². The third-order valence-electron chi connectivity index (χ3n) is 3.19. The molecule has 0 unspecified atom stereocenters. The number of nitrogens with one attached hydrogen (secondary N) is 1. The van der Waals surface area contributed by atoms with Gasteiger partial charge < -0.3 is 15.8 Å². The summed E-state index contributed by atoms with van der Waals surface area (Å²) in [5, 5.41) is 3.07. The number of nitrogens with zero attached hydrogens (tertiary/aromatic N) is 1. The highest BCUT2D eigenvalue weighted by atomic mass is 127. The molecule has 5 heteroatoms. The Morgan fingerprint density at radius 2 is 1.64 bits per heavy atom. The van der Waals surface area contributed by atoms with Crippen LogP contribution in [0.25, 0.3) is 0 Å². The third-order valence-corrected chi connectivity index (χ3v) is 3.19. The average Bonchev–Trinajstić information content (AvgIpc) is 2.54. The van der Waals surface area contributed by atoms with Crippen LogP contribution in [0.4, 0.5) is 0 Å². The van der Waals surface area contributed by atoms with E-state index in [0.717, 1.165) is 11.1 Å². The Hall–Kier alpha value is -1.60. The van der Waals surface area contributed by atoms with Gasteiger partial charge in [-0.25, -0.2) is 0 Å². The molecule has 0 saturated carbocycles. The van der Waals surface area contributed by atoms with Crippen molar-refractivity contribution in [3.8, 4) is 0 Å². The maximum atomic E-state index is 5.79. The quantitative estimate of drug-likeness (QED) is 0.437. The molecule has 2 aromatic carbocycles. The molecule has 2 rings (SSSR count). The minimum atomic E-state index is 0. The summed E-state index contributed by atoms with van der Waals surface area (Å²) in [6.07, 6.45) is 0. The summed E-state index contributed by atoms with van der Waals surface area (Å²) in [5.74, 6) is 0.440. The van der Waals surface area contributed by atoms with Crippen molar-refractivity contribution < 1.29 is 4.74 Å². The maximum Gasteiger partial charge on any atom is 0.188 e. The Balaban J connectivity index is 0.00000242. The zero-order chi connectivity index (χ0) is 14.9. The fourth-order valence-corrected chi connectivity index (χ4v) is 1.99. The van der Waals surface area contributed by atoms with Crippen LogP contribution in [0, 0.1) is 0 Å². The molecule has 0 saturated heterocycles. The second kappa shape index (κ2) is 10.2. The first kappa shape index (κ1) is 18.4. The molecule has 0 fully saturated rings. The molecule has 0 spiro atoms. The molecular weight excluding hydrogens is 389 g/mol. The Bertz CT molecular complexity index is 587. The van der Waals surface area contributed by atoms with Gasteiger partial charge in [-0.3, -0.25) is 4.99 Å². The zero-order valence-corrected chi connectivity index (χ0v) is 15.0. The first-order chi connectivity index (χ1) is 10.3. The van der Waals surface area contributed by atoms with Crippen molar-refractivity contribution in [2.75, 3.05) is 7.05 Å². The van der Waals surface area contributed by atoms with Crippen molar-refractivity contribution in [3.63, 3.8) is 0 Å². The van der Waals surface area contributed by atoms with Crippen LogP contribution < -0.4 is 11.1 Å². The van der Waals surface area contributed by atoms with Crippen molar-refractivity contribution in [3.05, 3.63) is 71.3 Å². The Morgan fingerprint density at radius 1 is 1.00 bits per heavy atom. The Kier molecular flexibility index (Phi) is 8.54. The molecule has 0 aliphatic rings. The van der Waals surface area contributed by atoms with E-state index < -0.39 is 0 Å². The number of aliphatic imine (C=N–C) groups is 1. The van der Waals surface area contributed by atoms with Crippen molar-refractivity contribution in [1.29, 1.82) is 0 Å². The standard InChI is InChI=1S/C17H21N3O.HI/c1-19-17(18)20-11-15-9-5-6-10-16(15)13-21-12-14-7-3-2-4-8-14;/h2-10H,11-13H2,1H3,(H3,18,19,20);1H. The summed E-state index contributed by atoms with van der Waals surface area (Å²) >= 11 is 0. The number of ether oxygens (including phenoxy) is 1. The largest absolute Gasteiger partial charge is 0.372 e. The number of rotatable bonds is 6. The SMILES string of the molecule is CN=C(N)NCc1ccccc1COCc1ccccc1.I. The molecule has 0 atom stereocenters. The van der Waals surface area contributed by atoms with Crippen molar-refractivity contribution in [2.45, 2.75) is 19.8 Å². The first-order valence-corrected chi connectivity index (χ1v) is 6.94. The molecule has 4 nitrogen and oxygen atoms in total. The van der Waals surface area contributed by atoms with Gasteiger partial charge >= 0.3 is 0 Å². The van der Waals surface area contributed by atoms with Gasteiger partial charge in [0.25, 0.3) is 0 Å². The number of hydrogen-bond acceptors (Lipinski definition) is 2. The monoisotopic (exact) mass is 411 g/mol. The van der Waals surface area contributed by atoms with Crippen LogP contribution in [0.2, 0.25) is 0 Å². The second-order valence-corrected chi connectivity index (χ2v) is 4.71. The summed E-state index contributed by atoms with van der Waals surface area (Å²) in [6, 6.07) is 18.3. The van der Waals surface area contributed by atoms with E-state index in [4.69, 9.17) is 10.5 Å². The fraction of sp³-hybridized carbons (Fsp3) is 0.235. The van der Waals surface area contributed by atoms with Crippen LogP contribution in [0.5, 0.6) is 0 Å². The summed E-state index contributed by atoms with van der Waals surface area (Å²) in [6.45, 7) is 1.84. The van der Waals surface area contributed by atoms with E-state index in [0.29, 0.717) is 25.7 Å². The molecule has 3 N–H and O–H groups in total. The third kappa shape index (κ3) is 6.03. The lowest BCUT2D eigenvalue weighted by Gasteiger charge is -2.11. The first-order valence-electron chi connectivity index (χ1n) is 6.94. The van der Waals surface area contributed by atoms with Gasteiger partial charge in [-0.05, 0) is 16.7 Å². The molecule has 0 radical (unpaired) electrons. The van der Waals surface area contributed by atoms with Gasteiger partial charge in [0.1, 0.15) is 0 Å². The summed E-state index contributed by atoms with van der Waals surface area (Å²) < 4.78 is 5.79. The van der Waals surface area contributed by atoms with Crippen molar-refractivity contribution in [1.82, 2.24) is 5.32 Å². The topological polar surface area (TPSA) is 59.6 Å². The summed E-state index contributed by atoms with van der Waals surface area (Å²) in [7, 11) is 1.66. The van der Waals surface area contributed by atoms with E-state index in [1.807, 2.05) is 30.3 Å². The summed E-state index contributed by atoms with van der Waals surface area (Å²) in [4.78, 5) is 3.89. The van der Waals surface area contributed by atoms with Gasteiger partial charge in [0, 0.05) is 13.6 Å². The fourth-order valence-electron chi connectivity index (χ4n) is 1.99. The van der Waals surface area contributed by atoms with E-state index in [1.165, 1.54) is 5.56 Å². The molecule has 0 aliphatic carbocycles. The van der Waals surface area contributed by atoms with E-state index in [-0.39, 0.29) is 24.0 Å². The second-order valence-electron chi connectivity index (χ2n) is 4.71. The highest BCUT2D eigenvalue weighted by Gasteiger charge is 2.02. The van der Waals surface area contributed by atoms with E-state index >= 15 is 0 Å². The molecule has 0 amide bonds. The van der Waals surface area contributed by atoms with Crippen LogP contribution in [-0.4, -0.2) is 13.0 Å². The Morgan fingerprint density at radius 3 is 2.32 bits per heavy atom. The van der Waals surface area contributed by atoms with Crippen LogP contribution in [0.3, 0.4) is 0 Å². The molecular formula is C17H22IN3O. The zero-order valence-electron chi connectivity index (χ0n) is 12.7. The molecule has 22 heavy (non-hydrogen) atoms. The van der Waals surface area contributed by atoms with Crippen molar-refractivity contribution in [2.24, 2.45) is 10.7 Å². The smallest absolute Gasteiger partial charge is 0.188 e. The average molecular weight is 411 g/mol. The van der Waals surface area contributed by atoms with Crippen LogP contribution in [0.1, 0.15) is 16.7 Å². The number of hydrogen-bond donors (Lipinski definition) is 2. The predicted octanol–water partition coefficient (Wildman–Crippen LogP) is 3.06. The minimum Gasteiger partial charge on any atom is -0.372 e. The van der Waals surface area contributed by atoms with Crippen molar-refractivity contribution >= 4 is 29.9 Å². The summed E-state index contributed by atoms with van der Waals surface area (Å²) in [5.41, 5.74) is 9.15. The van der Waals surface area contributed by atoms with E-state index in [9.17, 15) is 0 Å². The molecule has 0 aliphatic heterocycles. The van der Waals surface area contributed by atoms with Gasteiger partial charge in [0.05, 0.1) is 13.2 Å². The van der Waals surface area contributed by atoms with E-state index in [2.05, 4.69) is 34.6 Å². The van der Waals surface area contributed by atoms with Crippen LogP contribution in [-0.2, 0) is 24.5 Å². The predicted molar refractivity (Wildman–Crippen MR) is 101 cm³/mol. The van der Waals surface area contributed by atoms with Gasteiger partial charge in [-0.1, -0.05) is 54.6 Å². The highest BCUT2D eigenvalue weighted by molar-refractivity contribution is 14.0. The highest BCUT2D eigenvalue weighted by Crippen LogP contribution is 2.11. The van der Waals surface area contributed by atoms with Gasteiger partial charge in [-0.15, -0.1) is 24.0 Å². The normalized spacial score (nSPS) is 10.9. The lowest BCUT2D eigenvalue weighted by Crippen LogP contribution is -2.31. The molecule has 118 valence electrons. The molecule has 2 aromatic rings. The number of guanidine groups is 1. The Labute approximate surface area is 148 Å². The van der Waals surface area contributed by atoms with E-state index in [1.54, 1.807) is 7.05 Å². The number of halogens is 1. The molecule has 0 heterocycles.